The largest absolute Gasteiger partial charge is 0.424 e. The number of aryl methyl sites for hydroxylation is 1. The zero-order valence-electron chi connectivity index (χ0n) is 9.38. The van der Waals surface area contributed by atoms with Gasteiger partial charge in [-0.25, -0.2) is 0 Å². The molecule has 0 saturated carbocycles. The molecule has 7 heteroatoms. The van der Waals surface area contributed by atoms with Gasteiger partial charge in [0, 0.05) is 13.0 Å². The molecule has 0 N–H and O–H groups in total. The number of hydrogen-bond acceptors (Lipinski definition) is 4. The van der Waals surface area contributed by atoms with Crippen molar-refractivity contribution in [3.05, 3.63) is 11.8 Å². The Bertz CT molecular complexity index is 335. The van der Waals surface area contributed by atoms with Crippen molar-refractivity contribution in [3.63, 3.8) is 0 Å². The summed E-state index contributed by atoms with van der Waals surface area (Å²) in [6.45, 7) is 4.01. The Labute approximate surface area is 91.4 Å². The van der Waals surface area contributed by atoms with Crippen molar-refractivity contribution < 1.29 is 17.6 Å². The molecule has 0 amide bonds. The molecule has 0 saturated heterocycles. The first kappa shape index (κ1) is 13.0. The minimum atomic E-state index is -4.22. The van der Waals surface area contributed by atoms with Crippen LogP contribution in [0, 0.1) is 6.92 Å². The fourth-order valence-electron chi connectivity index (χ4n) is 1.23. The van der Waals surface area contributed by atoms with Gasteiger partial charge in [-0.15, -0.1) is 10.2 Å². The fourth-order valence-corrected chi connectivity index (χ4v) is 1.23. The van der Waals surface area contributed by atoms with Gasteiger partial charge in [0.2, 0.25) is 11.8 Å². The van der Waals surface area contributed by atoms with Crippen molar-refractivity contribution in [2.45, 2.75) is 39.5 Å². The molecule has 0 radical (unpaired) electrons. The van der Waals surface area contributed by atoms with Crippen LogP contribution in [0.2, 0.25) is 0 Å². The summed E-state index contributed by atoms with van der Waals surface area (Å²) >= 11 is 0. The van der Waals surface area contributed by atoms with Crippen LogP contribution in [-0.4, -0.2) is 33.9 Å². The molecule has 0 aliphatic carbocycles. The topological polar surface area (TPSA) is 42.2 Å². The molecule has 0 fully saturated rings. The smallest absolute Gasteiger partial charge is 0.401 e. The number of hydrogen-bond donors (Lipinski definition) is 0. The van der Waals surface area contributed by atoms with E-state index in [1.54, 1.807) is 20.8 Å². The van der Waals surface area contributed by atoms with Crippen LogP contribution in [0.5, 0.6) is 0 Å². The molecule has 0 aliphatic heterocycles. The van der Waals surface area contributed by atoms with Gasteiger partial charge in [0.1, 0.15) is 0 Å². The van der Waals surface area contributed by atoms with E-state index in [0.29, 0.717) is 5.89 Å². The first-order valence-corrected chi connectivity index (χ1v) is 4.87. The molecular weight excluding hydrogens is 223 g/mol. The molecule has 1 aromatic heterocycles. The van der Waals surface area contributed by atoms with E-state index >= 15 is 0 Å². The minimum absolute atomic E-state index is 0.0119. The zero-order valence-corrected chi connectivity index (χ0v) is 9.38. The molecule has 0 aromatic carbocycles. The fraction of sp³-hybridized carbons (Fsp3) is 0.778. The third-order valence-corrected chi connectivity index (χ3v) is 2.02. The monoisotopic (exact) mass is 237 g/mol. The van der Waals surface area contributed by atoms with Crippen LogP contribution in [0.3, 0.4) is 0 Å². The van der Waals surface area contributed by atoms with Gasteiger partial charge in [-0.3, -0.25) is 4.90 Å². The number of aromatic nitrogens is 2. The molecular formula is C9H14F3N3O. The van der Waals surface area contributed by atoms with Crippen LogP contribution in [0.1, 0.15) is 25.6 Å². The van der Waals surface area contributed by atoms with Crippen LogP contribution in [0.4, 0.5) is 13.2 Å². The standard InChI is InChI=1S/C9H14F3N3O/c1-6(2)15(5-9(10,11)12)4-8-14-13-7(3)16-8/h6H,4-5H2,1-3H3. The van der Waals surface area contributed by atoms with Gasteiger partial charge in [0.15, 0.2) is 0 Å². The number of alkyl halides is 3. The zero-order chi connectivity index (χ0) is 12.3. The molecule has 1 rings (SSSR count). The average Bonchev–Trinajstić information content (AvgIpc) is 2.47. The van der Waals surface area contributed by atoms with E-state index < -0.39 is 12.7 Å². The molecule has 0 spiro atoms. The Morgan fingerprint density at radius 1 is 1.31 bits per heavy atom. The average molecular weight is 237 g/mol. The van der Waals surface area contributed by atoms with E-state index in [1.807, 2.05) is 0 Å². The summed E-state index contributed by atoms with van der Waals surface area (Å²) in [7, 11) is 0. The number of nitrogens with zero attached hydrogens (tertiary/aromatic N) is 3. The van der Waals surface area contributed by atoms with Crippen molar-refractivity contribution in [2.24, 2.45) is 0 Å². The summed E-state index contributed by atoms with van der Waals surface area (Å²) in [5.41, 5.74) is 0. The molecule has 0 aliphatic rings. The normalized spacial score (nSPS) is 12.8. The van der Waals surface area contributed by atoms with Gasteiger partial charge < -0.3 is 4.42 Å². The van der Waals surface area contributed by atoms with Crippen LogP contribution in [-0.2, 0) is 6.54 Å². The minimum Gasteiger partial charge on any atom is -0.424 e. The molecule has 0 bridgehead atoms. The first-order chi connectivity index (χ1) is 7.28. The predicted octanol–water partition coefficient (Wildman–Crippen LogP) is 2.15. The molecule has 1 aromatic rings. The van der Waals surface area contributed by atoms with Crippen LogP contribution < -0.4 is 0 Å². The Balaban J connectivity index is 2.65. The van der Waals surface area contributed by atoms with Crippen molar-refractivity contribution in [3.8, 4) is 0 Å². The Morgan fingerprint density at radius 3 is 2.31 bits per heavy atom. The molecule has 1 heterocycles. The quantitative estimate of drug-likeness (QED) is 0.804. The van der Waals surface area contributed by atoms with Crippen molar-refractivity contribution in [1.29, 1.82) is 0 Å². The van der Waals surface area contributed by atoms with Gasteiger partial charge >= 0.3 is 6.18 Å². The van der Waals surface area contributed by atoms with Gasteiger partial charge in [-0.1, -0.05) is 0 Å². The molecule has 0 atom stereocenters. The van der Waals surface area contributed by atoms with Gasteiger partial charge in [0.25, 0.3) is 0 Å². The van der Waals surface area contributed by atoms with E-state index in [0.717, 1.165) is 0 Å². The third kappa shape index (κ3) is 4.18. The Hall–Kier alpha value is -1.11. The second-order valence-electron chi connectivity index (χ2n) is 3.83. The second-order valence-corrected chi connectivity index (χ2v) is 3.83. The molecule has 0 unspecified atom stereocenters. The summed E-state index contributed by atoms with van der Waals surface area (Å²) in [4.78, 5) is 1.23. The highest BCUT2D eigenvalue weighted by molar-refractivity contribution is 4.81. The van der Waals surface area contributed by atoms with Crippen LogP contribution in [0.15, 0.2) is 4.42 Å². The Kier molecular flexibility index (Phi) is 3.90. The van der Waals surface area contributed by atoms with Crippen molar-refractivity contribution in [1.82, 2.24) is 15.1 Å². The van der Waals surface area contributed by atoms with Gasteiger partial charge in [-0.2, -0.15) is 13.2 Å². The molecule has 92 valence electrons. The summed E-state index contributed by atoms with van der Waals surface area (Å²) in [5, 5.41) is 7.24. The van der Waals surface area contributed by atoms with Gasteiger partial charge in [0.05, 0.1) is 13.1 Å². The highest BCUT2D eigenvalue weighted by atomic mass is 19.4. The summed E-state index contributed by atoms with van der Waals surface area (Å²) < 4.78 is 41.8. The van der Waals surface area contributed by atoms with E-state index in [4.69, 9.17) is 4.42 Å². The van der Waals surface area contributed by atoms with Crippen LogP contribution in [0.25, 0.3) is 0 Å². The van der Waals surface area contributed by atoms with E-state index in [9.17, 15) is 13.2 Å². The lowest BCUT2D eigenvalue weighted by molar-refractivity contribution is -0.151. The maximum Gasteiger partial charge on any atom is 0.401 e. The van der Waals surface area contributed by atoms with Crippen LogP contribution >= 0.6 is 0 Å². The second kappa shape index (κ2) is 4.82. The lowest BCUT2D eigenvalue weighted by Crippen LogP contribution is -2.38. The number of rotatable bonds is 4. The summed E-state index contributed by atoms with van der Waals surface area (Å²) in [6, 6.07) is -0.242. The summed E-state index contributed by atoms with van der Waals surface area (Å²) in [6.07, 6.45) is -4.22. The lowest BCUT2D eigenvalue weighted by Gasteiger charge is -2.25. The lowest BCUT2D eigenvalue weighted by atomic mass is 10.3. The third-order valence-electron chi connectivity index (χ3n) is 2.02. The number of halogens is 3. The van der Waals surface area contributed by atoms with E-state index in [-0.39, 0.29) is 18.5 Å². The van der Waals surface area contributed by atoms with E-state index in [1.165, 1.54) is 4.90 Å². The Morgan fingerprint density at radius 2 is 1.94 bits per heavy atom. The first-order valence-electron chi connectivity index (χ1n) is 4.87. The molecule has 16 heavy (non-hydrogen) atoms. The van der Waals surface area contributed by atoms with Crippen molar-refractivity contribution >= 4 is 0 Å². The van der Waals surface area contributed by atoms with Gasteiger partial charge in [-0.05, 0) is 13.8 Å². The SMILES string of the molecule is Cc1nnc(CN(CC(F)(F)F)C(C)C)o1. The summed E-state index contributed by atoms with van der Waals surface area (Å²) in [5.74, 6) is 0.557. The van der Waals surface area contributed by atoms with E-state index in [2.05, 4.69) is 10.2 Å². The maximum atomic E-state index is 12.3. The highest BCUT2D eigenvalue weighted by Crippen LogP contribution is 2.19. The predicted molar refractivity (Wildman–Crippen MR) is 50.6 cm³/mol. The highest BCUT2D eigenvalue weighted by Gasteiger charge is 2.32. The van der Waals surface area contributed by atoms with Crippen molar-refractivity contribution in [2.75, 3.05) is 6.54 Å². The molecule has 4 nitrogen and oxygen atoms in total. The maximum absolute atomic E-state index is 12.3.